The number of benzene rings is 1. The van der Waals surface area contributed by atoms with E-state index in [1.54, 1.807) is 15.4 Å². The number of carbonyl (C=O) groups excluding carboxylic acids is 1. The third kappa shape index (κ3) is 2.63. The number of nitrogens with two attached hydrogens (primary N) is 1. The molecule has 0 saturated carbocycles. The van der Waals surface area contributed by atoms with E-state index in [1.807, 2.05) is 44.4 Å². The summed E-state index contributed by atoms with van der Waals surface area (Å²) in [5.74, 6) is 0.515. The summed E-state index contributed by atoms with van der Waals surface area (Å²) < 4.78 is 3.30. The predicted octanol–water partition coefficient (Wildman–Crippen LogP) is 1.35. The molecule has 26 heavy (non-hydrogen) atoms. The quantitative estimate of drug-likeness (QED) is 0.561. The van der Waals surface area contributed by atoms with Crippen molar-refractivity contribution in [1.82, 2.24) is 29.4 Å². The minimum atomic E-state index is -0.544. The van der Waals surface area contributed by atoms with Crippen molar-refractivity contribution in [1.29, 1.82) is 0 Å². The molecule has 3 heterocycles. The van der Waals surface area contributed by atoms with Crippen molar-refractivity contribution in [2.75, 3.05) is 5.32 Å². The second-order valence-corrected chi connectivity index (χ2v) is 6.03. The van der Waals surface area contributed by atoms with Crippen molar-refractivity contribution in [3.63, 3.8) is 0 Å². The molecule has 132 valence electrons. The maximum atomic E-state index is 11.6. The standard InChI is InChI=1S/C17H18N8O/c1-3-12(14(18)26)20-17-21-13-7-5-4-6-11(13)16-22-15(23-25(16)17)10-8-19-24(2)9-10/h4-9,12H,3H2,1-2H3,(H2,18,26)(H,20,21)/t12-/m1/s1. The summed E-state index contributed by atoms with van der Waals surface area (Å²) in [5, 5.41) is 12.7. The Morgan fingerprint density at radius 1 is 1.31 bits per heavy atom. The number of amides is 1. The van der Waals surface area contributed by atoms with Crippen LogP contribution in [0.3, 0.4) is 0 Å². The summed E-state index contributed by atoms with van der Waals surface area (Å²) >= 11 is 0. The SMILES string of the molecule is CC[C@@H](Nc1nc2ccccc2c2nc(-c3cnn(C)c3)nn12)C(N)=O. The fourth-order valence-corrected chi connectivity index (χ4v) is 2.84. The molecule has 0 saturated heterocycles. The fourth-order valence-electron chi connectivity index (χ4n) is 2.84. The second kappa shape index (κ2) is 6.10. The van der Waals surface area contributed by atoms with Crippen LogP contribution in [-0.2, 0) is 11.8 Å². The molecular weight excluding hydrogens is 332 g/mol. The Morgan fingerprint density at radius 2 is 2.12 bits per heavy atom. The highest BCUT2D eigenvalue weighted by Gasteiger charge is 2.19. The van der Waals surface area contributed by atoms with Gasteiger partial charge >= 0.3 is 0 Å². The zero-order valence-corrected chi connectivity index (χ0v) is 14.4. The first-order valence-corrected chi connectivity index (χ1v) is 8.27. The molecule has 9 heteroatoms. The van der Waals surface area contributed by atoms with Crippen molar-refractivity contribution in [3.05, 3.63) is 36.7 Å². The number of rotatable bonds is 5. The molecule has 0 radical (unpaired) electrons. The number of hydrogen-bond donors (Lipinski definition) is 2. The Bertz CT molecular complexity index is 1110. The van der Waals surface area contributed by atoms with Crippen LogP contribution in [-0.4, -0.2) is 41.3 Å². The lowest BCUT2D eigenvalue weighted by Crippen LogP contribution is -2.35. The Labute approximate surface area is 148 Å². The van der Waals surface area contributed by atoms with Crippen molar-refractivity contribution < 1.29 is 4.79 Å². The molecule has 1 amide bonds. The Morgan fingerprint density at radius 3 is 2.81 bits per heavy atom. The van der Waals surface area contributed by atoms with E-state index in [1.165, 1.54) is 0 Å². The van der Waals surface area contributed by atoms with Crippen LogP contribution in [0.5, 0.6) is 0 Å². The van der Waals surface area contributed by atoms with Gasteiger partial charge < -0.3 is 11.1 Å². The van der Waals surface area contributed by atoms with Crippen molar-refractivity contribution in [3.8, 4) is 11.4 Å². The van der Waals surface area contributed by atoms with Crippen LogP contribution in [0.25, 0.3) is 27.9 Å². The van der Waals surface area contributed by atoms with Gasteiger partial charge in [-0.3, -0.25) is 9.48 Å². The van der Waals surface area contributed by atoms with Gasteiger partial charge in [-0.15, -0.1) is 5.10 Å². The Hall–Kier alpha value is -3.49. The van der Waals surface area contributed by atoms with E-state index in [0.717, 1.165) is 16.5 Å². The number of aromatic nitrogens is 6. The molecule has 4 aromatic rings. The number of nitrogens with zero attached hydrogens (tertiary/aromatic N) is 6. The number of para-hydroxylation sites is 1. The number of nitrogens with one attached hydrogen (secondary N) is 1. The largest absolute Gasteiger partial charge is 0.368 e. The van der Waals surface area contributed by atoms with Crippen LogP contribution in [0.1, 0.15) is 13.3 Å². The van der Waals surface area contributed by atoms with Crippen LogP contribution in [0.2, 0.25) is 0 Å². The maximum absolute atomic E-state index is 11.6. The van der Waals surface area contributed by atoms with Gasteiger partial charge in [0.25, 0.3) is 0 Å². The smallest absolute Gasteiger partial charge is 0.239 e. The molecule has 0 unspecified atom stereocenters. The van der Waals surface area contributed by atoms with Gasteiger partial charge in [-0.2, -0.15) is 9.61 Å². The number of primary amides is 1. The van der Waals surface area contributed by atoms with Gasteiger partial charge in [-0.1, -0.05) is 19.1 Å². The molecule has 0 fully saturated rings. The highest BCUT2D eigenvalue weighted by Crippen LogP contribution is 2.24. The van der Waals surface area contributed by atoms with Gasteiger partial charge in [0.15, 0.2) is 11.5 Å². The van der Waals surface area contributed by atoms with Gasteiger partial charge in [-0.05, 0) is 18.6 Å². The Kier molecular flexibility index (Phi) is 3.76. The zero-order chi connectivity index (χ0) is 18.3. The van der Waals surface area contributed by atoms with Gasteiger partial charge in [0.2, 0.25) is 11.9 Å². The molecule has 0 spiro atoms. The van der Waals surface area contributed by atoms with Gasteiger partial charge in [0.05, 0.1) is 17.3 Å². The van der Waals surface area contributed by atoms with Crippen LogP contribution in [0.15, 0.2) is 36.7 Å². The first-order valence-electron chi connectivity index (χ1n) is 8.27. The van der Waals surface area contributed by atoms with E-state index in [0.29, 0.717) is 23.8 Å². The Balaban J connectivity index is 1.94. The van der Waals surface area contributed by atoms with Crippen molar-refractivity contribution in [2.24, 2.45) is 12.8 Å². The van der Waals surface area contributed by atoms with E-state index in [-0.39, 0.29) is 0 Å². The van der Waals surface area contributed by atoms with E-state index >= 15 is 0 Å². The molecule has 0 aliphatic rings. The number of aryl methyl sites for hydroxylation is 1. The molecule has 9 nitrogen and oxygen atoms in total. The second-order valence-electron chi connectivity index (χ2n) is 6.03. The average Bonchev–Trinajstić information content (AvgIpc) is 3.25. The lowest BCUT2D eigenvalue weighted by molar-refractivity contribution is -0.118. The highest BCUT2D eigenvalue weighted by molar-refractivity contribution is 5.93. The van der Waals surface area contributed by atoms with Crippen molar-refractivity contribution in [2.45, 2.75) is 19.4 Å². The maximum Gasteiger partial charge on any atom is 0.239 e. The zero-order valence-electron chi connectivity index (χ0n) is 14.4. The van der Waals surface area contributed by atoms with E-state index in [2.05, 4.69) is 25.5 Å². The summed E-state index contributed by atoms with van der Waals surface area (Å²) in [6, 6.07) is 7.12. The molecule has 0 aliphatic heterocycles. The lowest BCUT2D eigenvalue weighted by atomic mass is 10.2. The number of anilines is 1. The minimum Gasteiger partial charge on any atom is -0.368 e. The highest BCUT2D eigenvalue weighted by atomic mass is 16.1. The van der Waals surface area contributed by atoms with Crippen molar-refractivity contribution >= 4 is 28.4 Å². The van der Waals surface area contributed by atoms with Crippen LogP contribution >= 0.6 is 0 Å². The summed E-state index contributed by atoms with van der Waals surface area (Å²) in [6.07, 6.45) is 4.08. The first-order chi connectivity index (χ1) is 12.6. The molecule has 3 aromatic heterocycles. The van der Waals surface area contributed by atoms with Crippen LogP contribution in [0.4, 0.5) is 5.95 Å². The van der Waals surface area contributed by atoms with Crippen LogP contribution < -0.4 is 11.1 Å². The monoisotopic (exact) mass is 350 g/mol. The molecule has 1 atom stereocenters. The third-order valence-electron chi connectivity index (χ3n) is 4.20. The summed E-state index contributed by atoms with van der Waals surface area (Å²) in [4.78, 5) is 20.9. The fraction of sp³-hybridized carbons (Fsp3) is 0.235. The van der Waals surface area contributed by atoms with E-state index < -0.39 is 11.9 Å². The van der Waals surface area contributed by atoms with Gasteiger partial charge in [-0.25, -0.2) is 9.97 Å². The van der Waals surface area contributed by atoms with Crippen LogP contribution in [0, 0.1) is 0 Å². The van der Waals surface area contributed by atoms with Gasteiger partial charge in [0.1, 0.15) is 6.04 Å². The summed E-state index contributed by atoms with van der Waals surface area (Å²) in [7, 11) is 1.84. The third-order valence-corrected chi connectivity index (χ3v) is 4.20. The molecular formula is C17H18N8O. The number of hydrogen-bond acceptors (Lipinski definition) is 6. The molecule has 1 aromatic carbocycles. The summed E-state index contributed by atoms with van der Waals surface area (Å²) in [5.41, 5.74) is 7.67. The molecule has 0 aliphatic carbocycles. The minimum absolute atomic E-state index is 0.423. The number of fused-ring (bicyclic) bond motifs is 3. The average molecular weight is 350 g/mol. The lowest BCUT2D eigenvalue weighted by Gasteiger charge is -2.15. The normalized spacial score (nSPS) is 12.5. The molecule has 0 bridgehead atoms. The summed E-state index contributed by atoms with van der Waals surface area (Å²) in [6.45, 7) is 1.88. The molecule has 3 N–H and O–H groups in total. The first kappa shape index (κ1) is 16.0. The number of carbonyl (C=O) groups is 1. The molecule has 4 rings (SSSR count). The van der Waals surface area contributed by atoms with Gasteiger partial charge in [0, 0.05) is 18.6 Å². The predicted molar refractivity (Wildman–Crippen MR) is 97.4 cm³/mol. The van der Waals surface area contributed by atoms with E-state index in [9.17, 15) is 4.79 Å². The topological polar surface area (TPSA) is 116 Å². The van der Waals surface area contributed by atoms with E-state index in [4.69, 9.17) is 5.73 Å².